The largest absolute Gasteiger partial charge is 0.393 e. The van der Waals surface area contributed by atoms with Crippen molar-refractivity contribution >= 4 is 5.91 Å². The number of hydrogen-bond acceptors (Lipinski definition) is 3. The average molecular weight is 227 g/mol. The van der Waals surface area contributed by atoms with Crippen LogP contribution in [-0.4, -0.2) is 47.8 Å². The number of amides is 1. The fourth-order valence-electron chi connectivity index (χ4n) is 2.62. The van der Waals surface area contributed by atoms with E-state index in [2.05, 4.69) is 0 Å². The topological polar surface area (TPSA) is 49.8 Å². The molecular weight excluding hydrogens is 206 g/mol. The summed E-state index contributed by atoms with van der Waals surface area (Å²) in [6.45, 7) is 6.04. The minimum absolute atomic E-state index is 0.0300. The van der Waals surface area contributed by atoms with Crippen molar-refractivity contribution in [3.8, 4) is 0 Å². The Morgan fingerprint density at radius 3 is 2.69 bits per heavy atom. The van der Waals surface area contributed by atoms with Crippen LogP contribution in [0.3, 0.4) is 0 Å². The van der Waals surface area contributed by atoms with Gasteiger partial charge >= 0.3 is 0 Å². The summed E-state index contributed by atoms with van der Waals surface area (Å²) in [7, 11) is 0. The van der Waals surface area contributed by atoms with Crippen LogP contribution in [0.4, 0.5) is 0 Å². The van der Waals surface area contributed by atoms with Gasteiger partial charge in [-0.05, 0) is 25.7 Å². The molecule has 1 N–H and O–H groups in total. The molecule has 4 atom stereocenters. The molecule has 92 valence electrons. The van der Waals surface area contributed by atoms with Gasteiger partial charge in [0, 0.05) is 19.7 Å². The Balaban J connectivity index is 1.95. The number of aliphatic hydroxyl groups excluding tert-OH is 1. The summed E-state index contributed by atoms with van der Waals surface area (Å²) in [5.74, 6) is 0.432. The van der Waals surface area contributed by atoms with Gasteiger partial charge in [-0.2, -0.15) is 0 Å². The smallest absolute Gasteiger partial charge is 0.228 e. The van der Waals surface area contributed by atoms with Gasteiger partial charge in [-0.25, -0.2) is 0 Å². The number of carbonyl (C=O) groups excluding carboxylic acids is 1. The molecule has 2 aliphatic rings. The number of likely N-dealkylation sites (tertiary alicyclic amines) is 1. The summed E-state index contributed by atoms with van der Waals surface area (Å²) >= 11 is 0. The van der Waals surface area contributed by atoms with E-state index >= 15 is 0 Å². The molecule has 0 bridgehead atoms. The summed E-state index contributed by atoms with van der Waals surface area (Å²) in [5, 5.41) is 9.63. The van der Waals surface area contributed by atoms with Crippen LogP contribution >= 0.6 is 0 Å². The Kier molecular flexibility index (Phi) is 3.50. The van der Waals surface area contributed by atoms with Crippen molar-refractivity contribution in [2.24, 2.45) is 11.8 Å². The van der Waals surface area contributed by atoms with Crippen molar-refractivity contribution in [2.45, 2.75) is 38.9 Å². The quantitative estimate of drug-likeness (QED) is 0.715. The molecule has 4 unspecified atom stereocenters. The lowest BCUT2D eigenvalue weighted by Crippen LogP contribution is -2.48. The predicted octanol–water partition coefficient (Wildman–Crippen LogP) is 0.641. The van der Waals surface area contributed by atoms with E-state index in [0.717, 1.165) is 6.42 Å². The molecule has 2 heterocycles. The van der Waals surface area contributed by atoms with Crippen molar-refractivity contribution in [1.29, 1.82) is 0 Å². The summed E-state index contributed by atoms with van der Waals surface area (Å²) in [4.78, 5) is 14.1. The molecule has 4 nitrogen and oxygen atoms in total. The summed E-state index contributed by atoms with van der Waals surface area (Å²) in [5.41, 5.74) is 0. The van der Waals surface area contributed by atoms with Crippen LogP contribution in [0, 0.1) is 11.8 Å². The third-order valence-electron chi connectivity index (χ3n) is 3.87. The van der Waals surface area contributed by atoms with Gasteiger partial charge in [0.2, 0.25) is 5.91 Å². The lowest BCUT2D eigenvalue weighted by atomic mass is 9.94. The normalized spacial score (nSPS) is 40.1. The minimum Gasteiger partial charge on any atom is -0.393 e. The third kappa shape index (κ3) is 2.23. The predicted molar refractivity (Wildman–Crippen MR) is 59.9 cm³/mol. The van der Waals surface area contributed by atoms with E-state index in [0.29, 0.717) is 26.1 Å². The number of ether oxygens (including phenoxy) is 1. The van der Waals surface area contributed by atoms with Crippen LogP contribution in [0.25, 0.3) is 0 Å². The van der Waals surface area contributed by atoms with Gasteiger partial charge in [-0.3, -0.25) is 4.79 Å². The molecule has 0 aliphatic carbocycles. The number of rotatable bonds is 1. The monoisotopic (exact) mass is 227 g/mol. The van der Waals surface area contributed by atoms with Crippen molar-refractivity contribution in [3.05, 3.63) is 0 Å². The van der Waals surface area contributed by atoms with Gasteiger partial charge in [0.15, 0.2) is 0 Å². The van der Waals surface area contributed by atoms with Gasteiger partial charge in [0.1, 0.15) is 0 Å². The van der Waals surface area contributed by atoms with E-state index < -0.39 is 0 Å². The first kappa shape index (κ1) is 11.9. The second-order valence-electron chi connectivity index (χ2n) is 5.09. The Labute approximate surface area is 96.6 Å². The van der Waals surface area contributed by atoms with Crippen molar-refractivity contribution < 1.29 is 14.6 Å². The third-order valence-corrected chi connectivity index (χ3v) is 3.87. The molecule has 1 amide bonds. The summed E-state index contributed by atoms with van der Waals surface area (Å²) in [6, 6.07) is 0. The van der Waals surface area contributed by atoms with Gasteiger partial charge in [-0.15, -0.1) is 0 Å². The molecule has 0 aromatic carbocycles. The number of nitrogens with zero attached hydrogens (tertiary/aromatic N) is 1. The Hall–Kier alpha value is -0.610. The van der Waals surface area contributed by atoms with Crippen LogP contribution in [0.5, 0.6) is 0 Å². The minimum atomic E-state index is -0.249. The SMILES string of the molecule is CC1CN(C(=O)C2CCOC2C)CCC1O. The lowest BCUT2D eigenvalue weighted by molar-refractivity contribution is -0.140. The fourth-order valence-corrected chi connectivity index (χ4v) is 2.62. The standard InChI is InChI=1S/C12H21NO3/c1-8-7-13(5-3-11(8)14)12(15)10-4-6-16-9(10)2/h8-11,14H,3-7H2,1-2H3. The highest BCUT2D eigenvalue weighted by Gasteiger charge is 2.36. The fraction of sp³-hybridized carbons (Fsp3) is 0.917. The van der Waals surface area contributed by atoms with E-state index in [4.69, 9.17) is 4.74 Å². The Bertz CT molecular complexity index is 269. The van der Waals surface area contributed by atoms with Gasteiger partial charge in [0.05, 0.1) is 18.1 Å². The number of carbonyl (C=O) groups is 1. The zero-order valence-corrected chi connectivity index (χ0v) is 10.1. The van der Waals surface area contributed by atoms with Crippen LogP contribution in [0.1, 0.15) is 26.7 Å². The molecule has 2 rings (SSSR count). The molecule has 2 aliphatic heterocycles. The zero-order valence-electron chi connectivity index (χ0n) is 10.1. The second-order valence-corrected chi connectivity index (χ2v) is 5.09. The van der Waals surface area contributed by atoms with E-state index in [-0.39, 0.29) is 30.0 Å². The second kappa shape index (κ2) is 4.72. The van der Waals surface area contributed by atoms with Crippen molar-refractivity contribution in [2.75, 3.05) is 19.7 Å². The number of hydrogen-bond donors (Lipinski definition) is 1. The number of aliphatic hydroxyl groups is 1. The summed E-state index contributed by atoms with van der Waals surface area (Å²) in [6.07, 6.45) is 1.35. The zero-order chi connectivity index (χ0) is 11.7. The Morgan fingerprint density at radius 1 is 1.38 bits per heavy atom. The molecule has 0 aromatic rings. The maximum atomic E-state index is 12.2. The maximum Gasteiger partial charge on any atom is 0.228 e. The van der Waals surface area contributed by atoms with E-state index in [1.165, 1.54) is 0 Å². The molecular formula is C12H21NO3. The number of piperidine rings is 1. The lowest BCUT2D eigenvalue weighted by Gasteiger charge is -2.36. The Morgan fingerprint density at radius 2 is 2.12 bits per heavy atom. The highest BCUT2D eigenvalue weighted by molar-refractivity contribution is 5.79. The highest BCUT2D eigenvalue weighted by Crippen LogP contribution is 2.25. The van der Waals surface area contributed by atoms with E-state index in [1.807, 2.05) is 18.7 Å². The van der Waals surface area contributed by atoms with E-state index in [1.54, 1.807) is 0 Å². The summed E-state index contributed by atoms with van der Waals surface area (Å²) < 4.78 is 5.43. The van der Waals surface area contributed by atoms with Gasteiger partial charge in [0.25, 0.3) is 0 Å². The van der Waals surface area contributed by atoms with Crippen molar-refractivity contribution in [1.82, 2.24) is 4.90 Å². The molecule has 4 heteroatoms. The first-order chi connectivity index (χ1) is 7.59. The van der Waals surface area contributed by atoms with Crippen LogP contribution in [0.2, 0.25) is 0 Å². The molecule has 0 saturated carbocycles. The molecule has 0 spiro atoms. The molecule has 2 saturated heterocycles. The molecule has 0 aromatic heterocycles. The first-order valence-corrected chi connectivity index (χ1v) is 6.18. The van der Waals surface area contributed by atoms with Crippen molar-refractivity contribution in [3.63, 3.8) is 0 Å². The molecule has 16 heavy (non-hydrogen) atoms. The highest BCUT2D eigenvalue weighted by atomic mass is 16.5. The van der Waals surface area contributed by atoms with E-state index in [9.17, 15) is 9.90 Å². The van der Waals surface area contributed by atoms with Crippen LogP contribution < -0.4 is 0 Å². The van der Waals surface area contributed by atoms with Crippen LogP contribution in [-0.2, 0) is 9.53 Å². The molecule has 2 fully saturated rings. The van der Waals surface area contributed by atoms with Gasteiger partial charge in [-0.1, -0.05) is 6.92 Å². The first-order valence-electron chi connectivity index (χ1n) is 6.18. The molecule has 0 radical (unpaired) electrons. The van der Waals surface area contributed by atoms with Gasteiger partial charge < -0.3 is 14.7 Å². The maximum absolute atomic E-state index is 12.2. The van der Waals surface area contributed by atoms with Crippen LogP contribution in [0.15, 0.2) is 0 Å². The average Bonchev–Trinajstić information content (AvgIpc) is 2.67.